The van der Waals surface area contributed by atoms with Gasteiger partial charge in [-0.3, -0.25) is 0 Å². The first kappa shape index (κ1) is 9.69. The van der Waals surface area contributed by atoms with Gasteiger partial charge >= 0.3 is 0 Å². The fourth-order valence-electron chi connectivity index (χ4n) is 2.95. The first-order valence-electron chi connectivity index (χ1n) is 4.74. The van der Waals surface area contributed by atoms with Gasteiger partial charge in [-0.05, 0) is 24.2 Å². The molecule has 3 heteroatoms. The van der Waals surface area contributed by atoms with Crippen LogP contribution in [0.3, 0.4) is 0 Å². The second kappa shape index (κ2) is 3.37. The lowest BCUT2D eigenvalue weighted by Crippen LogP contribution is -2.41. The summed E-state index contributed by atoms with van der Waals surface area (Å²) < 4.78 is 0. The predicted molar refractivity (Wildman–Crippen MR) is 54.6 cm³/mol. The molecule has 13 heavy (non-hydrogen) atoms. The average molecular weight is 247 g/mol. The van der Waals surface area contributed by atoms with E-state index in [1.54, 1.807) is 0 Å². The SMILES string of the molecule is OC[C@H]1[C@H]2C=CC(C2)[C@@]1(CO)CBr. The molecule has 0 heterocycles. The van der Waals surface area contributed by atoms with Gasteiger partial charge in [-0.2, -0.15) is 0 Å². The summed E-state index contributed by atoms with van der Waals surface area (Å²) in [5, 5.41) is 19.6. The summed E-state index contributed by atoms with van der Waals surface area (Å²) >= 11 is 3.47. The predicted octanol–water partition coefficient (Wildman–Crippen LogP) is 1.17. The van der Waals surface area contributed by atoms with Gasteiger partial charge in [0, 0.05) is 17.4 Å². The Labute approximate surface area is 86.8 Å². The van der Waals surface area contributed by atoms with E-state index in [1.165, 1.54) is 0 Å². The number of halogens is 1. The molecule has 0 aliphatic heterocycles. The second-order valence-electron chi connectivity index (χ2n) is 4.20. The van der Waals surface area contributed by atoms with E-state index in [2.05, 4.69) is 28.1 Å². The number of alkyl halides is 1. The van der Waals surface area contributed by atoms with Crippen LogP contribution in [-0.4, -0.2) is 28.8 Å². The molecule has 0 aromatic heterocycles. The van der Waals surface area contributed by atoms with Crippen LogP contribution in [0, 0.1) is 23.2 Å². The summed E-state index contributed by atoms with van der Waals surface area (Å²) in [6.07, 6.45) is 5.51. The summed E-state index contributed by atoms with van der Waals surface area (Å²) in [6.45, 7) is 0.368. The summed E-state index contributed by atoms with van der Waals surface area (Å²) in [5.41, 5.74) is -0.103. The van der Waals surface area contributed by atoms with Gasteiger partial charge < -0.3 is 10.2 Å². The molecule has 0 radical (unpaired) electrons. The lowest BCUT2D eigenvalue weighted by molar-refractivity contribution is 0.0379. The number of allylic oxidation sites excluding steroid dienone is 2. The van der Waals surface area contributed by atoms with Crippen molar-refractivity contribution in [1.29, 1.82) is 0 Å². The molecular formula is C10H15BrO2. The Morgan fingerprint density at radius 3 is 2.62 bits per heavy atom. The van der Waals surface area contributed by atoms with Gasteiger partial charge in [-0.25, -0.2) is 0 Å². The van der Waals surface area contributed by atoms with Gasteiger partial charge in [-0.15, -0.1) is 0 Å². The minimum atomic E-state index is -0.103. The van der Waals surface area contributed by atoms with Crippen molar-refractivity contribution in [2.75, 3.05) is 18.5 Å². The van der Waals surface area contributed by atoms with Crippen LogP contribution in [-0.2, 0) is 0 Å². The Bertz CT molecular complexity index is 223. The maximum Gasteiger partial charge on any atom is 0.0504 e. The fourth-order valence-corrected chi connectivity index (χ4v) is 3.95. The molecule has 4 atom stereocenters. The number of rotatable bonds is 3. The molecular weight excluding hydrogens is 232 g/mol. The molecule has 0 saturated heterocycles. The van der Waals surface area contributed by atoms with E-state index in [1.807, 2.05) is 0 Å². The third-order valence-corrected chi connectivity index (χ3v) is 4.89. The van der Waals surface area contributed by atoms with Crippen LogP contribution in [0.25, 0.3) is 0 Å². The van der Waals surface area contributed by atoms with E-state index >= 15 is 0 Å². The van der Waals surface area contributed by atoms with E-state index < -0.39 is 0 Å². The van der Waals surface area contributed by atoms with Crippen LogP contribution < -0.4 is 0 Å². The first-order valence-corrected chi connectivity index (χ1v) is 5.86. The van der Waals surface area contributed by atoms with Gasteiger partial charge in [-0.1, -0.05) is 28.1 Å². The van der Waals surface area contributed by atoms with Crippen LogP contribution in [0.1, 0.15) is 6.42 Å². The van der Waals surface area contributed by atoms with E-state index in [9.17, 15) is 10.2 Å². The molecule has 0 amide bonds. The minimum absolute atomic E-state index is 0.103. The highest BCUT2D eigenvalue weighted by molar-refractivity contribution is 9.09. The molecule has 1 unspecified atom stereocenters. The molecule has 0 spiro atoms. The molecule has 2 aliphatic carbocycles. The topological polar surface area (TPSA) is 40.5 Å². The largest absolute Gasteiger partial charge is 0.396 e. The van der Waals surface area contributed by atoms with Crippen molar-refractivity contribution >= 4 is 15.9 Å². The highest BCUT2D eigenvalue weighted by atomic mass is 79.9. The lowest BCUT2D eigenvalue weighted by atomic mass is 9.71. The quantitative estimate of drug-likeness (QED) is 0.580. The standard InChI is InChI=1S/C10H15BrO2/c11-5-10(6-13)8-2-1-7(3-8)9(10)4-12/h1-2,7-9,12-13H,3-6H2/t7-,8?,9-,10-/m0/s1. The molecule has 2 rings (SSSR count). The maximum absolute atomic E-state index is 9.47. The Kier molecular flexibility index (Phi) is 2.51. The van der Waals surface area contributed by atoms with Gasteiger partial charge in [0.25, 0.3) is 0 Å². The molecule has 74 valence electrons. The normalized spacial score (nSPS) is 47.5. The number of fused-ring (bicyclic) bond motifs is 2. The lowest BCUT2D eigenvalue weighted by Gasteiger charge is -2.38. The Morgan fingerprint density at radius 1 is 1.38 bits per heavy atom. The van der Waals surface area contributed by atoms with Crippen molar-refractivity contribution in [2.24, 2.45) is 23.2 Å². The van der Waals surface area contributed by atoms with Crippen molar-refractivity contribution < 1.29 is 10.2 Å². The molecule has 2 N–H and O–H groups in total. The number of aliphatic hydroxyl groups is 2. The minimum Gasteiger partial charge on any atom is -0.396 e. The number of aliphatic hydroxyl groups excluding tert-OH is 2. The molecule has 0 aromatic rings. The monoisotopic (exact) mass is 246 g/mol. The van der Waals surface area contributed by atoms with Crippen molar-refractivity contribution in [1.82, 2.24) is 0 Å². The number of hydrogen-bond donors (Lipinski definition) is 2. The third-order valence-electron chi connectivity index (χ3n) is 3.85. The van der Waals surface area contributed by atoms with Crippen LogP contribution >= 0.6 is 15.9 Å². The highest BCUT2D eigenvalue weighted by Crippen LogP contribution is 2.56. The summed E-state index contributed by atoms with van der Waals surface area (Å²) in [7, 11) is 0. The van der Waals surface area contributed by atoms with E-state index in [0.29, 0.717) is 11.8 Å². The van der Waals surface area contributed by atoms with Gasteiger partial charge in [0.05, 0.1) is 6.61 Å². The van der Waals surface area contributed by atoms with E-state index in [0.717, 1.165) is 11.8 Å². The maximum atomic E-state index is 9.47. The first-order chi connectivity index (χ1) is 6.28. The molecule has 2 bridgehead atoms. The summed E-state index contributed by atoms with van der Waals surface area (Å²) in [6, 6.07) is 0. The summed E-state index contributed by atoms with van der Waals surface area (Å²) in [5.74, 6) is 1.19. The van der Waals surface area contributed by atoms with Gasteiger partial charge in [0.1, 0.15) is 0 Å². The van der Waals surface area contributed by atoms with Crippen molar-refractivity contribution in [2.45, 2.75) is 6.42 Å². The van der Waals surface area contributed by atoms with Crippen molar-refractivity contribution in [3.63, 3.8) is 0 Å². The smallest absolute Gasteiger partial charge is 0.0504 e. The zero-order valence-electron chi connectivity index (χ0n) is 7.49. The fraction of sp³-hybridized carbons (Fsp3) is 0.800. The van der Waals surface area contributed by atoms with Crippen LogP contribution in [0.4, 0.5) is 0 Å². The Morgan fingerprint density at radius 2 is 2.15 bits per heavy atom. The molecule has 1 fully saturated rings. The van der Waals surface area contributed by atoms with Crippen molar-refractivity contribution in [3.8, 4) is 0 Å². The third kappa shape index (κ3) is 1.14. The molecule has 0 aromatic carbocycles. The van der Waals surface area contributed by atoms with Gasteiger partial charge in [0.2, 0.25) is 0 Å². The second-order valence-corrected chi connectivity index (χ2v) is 4.77. The molecule has 2 nitrogen and oxygen atoms in total. The van der Waals surface area contributed by atoms with Crippen LogP contribution in [0.2, 0.25) is 0 Å². The van der Waals surface area contributed by atoms with Crippen LogP contribution in [0.15, 0.2) is 12.2 Å². The molecule has 2 aliphatic rings. The number of hydrogen-bond acceptors (Lipinski definition) is 2. The molecule has 1 saturated carbocycles. The van der Waals surface area contributed by atoms with E-state index in [4.69, 9.17) is 0 Å². The Hall–Kier alpha value is 0.140. The highest BCUT2D eigenvalue weighted by Gasteiger charge is 2.54. The van der Waals surface area contributed by atoms with Gasteiger partial charge in [0.15, 0.2) is 0 Å². The zero-order chi connectivity index (χ0) is 9.47. The Balaban J connectivity index is 2.30. The van der Waals surface area contributed by atoms with Crippen LogP contribution in [0.5, 0.6) is 0 Å². The average Bonchev–Trinajstić information content (AvgIpc) is 2.74. The van der Waals surface area contributed by atoms with E-state index in [-0.39, 0.29) is 24.5 Å². The summed E-state index contributed by atoms with van der Waals surface area (Å²) in [4.78, 5) is 0. The van der Waals surface area contributed by atoms with Crippen molar-refractivity contribution in [3.05, 3.63) is 12.2 Å². The zero-order valence-corrected chi connectivity index (χ0v) is 9.07.